The van der Waals surface area contributed by atoms with Crippen molar-refractivity contribution in [3.05, 3.63) is 81.0 Å². The maximum Gasteiger partial charge on any atom is 0.296 e. The van der Waals surface area contributed by atoms with E-state index in [1.165, 1.54) is 24.1 Å². The molecule has 0 fully saturated rings. The number of anilines is 1. The lowest BCUT2D eigenvalue weighted by molar-refractivity contribution is 0.101. The molecule has 3 aromatic heterocycles. The van der Waals surface area contributed by atoms with Gasteiger partial charge in [-0.3, -0.25) is 14.2 Å². The van der Waals surface area contributed by atoms with Gasteiger partial charge >= 0.3 is 0 Å². The van der Waals surface area contributed by atoms with E-state index in [1.54, 1.807) is 32.0 Å². The van der Waals surface area contributed by atoms with E-state index < -0.39 is 34.7 Å². The molecule has 0 saturated carbocycles. The Hall–Kier alpha value is -3.99. The van der Waals surface area contributed by atoms with Crippen LogP contribution >= 0.6 is 11.6 Å². The Bertz CT molecular complexity index is 1360. The maximum absolute atomic E-state index is 12.8. The summed E-state index contributed by atoms with van der Waals surface area (Å²) in [7, 11) is 1.45. The molecule has 4 rings (SSSR count). The minimum absolute atomic E-state index is 0.203. The van der Waals surface area contributed by atoms with E-state index in [9.17, 15) is 14.7 Å². The zero-order valence-corrected chi connectivity index (χ0v) is 18.6. The molecule has 11 nitrogen and oxygen atoms in total. The second kappa shape index (κ2) is 8.87. The van der Waals surface area contributed by atoms with E-state index in [4.69, 9.17) is 16.0 Å². The highest BCUT2D eigenvalue weighted by Crippen LogP contribution is 2.39. The van der Waals surface area contributed by atoms with Crippen molar-refractivity contribution < 1.29 is 18.8 Å². The molecule has 1 aromatic carbocycles. The molecule has 33 heavy (non-hydrogen) atoms. The quantitative estimate of drug-likeness (QED) is 0.433. The number of halogens is 1. The number of nitrogens with one attached hydrogen (secondary N) is 1. The lowest BCUT2D eigenvalue weighted by Gasteiger charge is -2.24. The Labute approximate surface area is 192 Å². The van der Waals surface area contributed by atoms with Crippen molar-refractivity contribution in [2.45, 2.75) is 25.7 Å². The number of carbonyl (C=O) groups is 1. The molecule has 4 aromatic rings. The van der Waals surface area contributed by atoms with Crippen molar-refractivity contribution in [2.24, 2.45) is 7.05 Å². The van der Waals surface area contributed by atoms with Gasteiger partial charge in [0.2, 0.25) is 17.5 Å². The highest BCUT2D eigenvalue weighted by molar-refractivity contribution is 6.31. The van der Waals surface area contributed by atoms with Crippen molar-refractivity contribution in [1.82, 2.24) is 24.9 Å². The van der Waals surface area contributed by atoms with Crippen LogP contribution < -0.4 is 10.9 Å². The summed E-state index contributed by atoms with van der Waals surface area (Å²) in [5.41, 5.74) is -0.317. The fourth-order valence-electron chi connectivity index (χ4n) is 3.56. The molecular formula is C21H19ClN6O5. The van der Waals surface area contributed by atoms with E-state index in [0.717, 1.165) is 0 Å². The predicted octanol–water partition coefficient (Wildman–Crippen LogP) is 3.01. The number of hydrogen-bond acceptors (Lipinski definition) is 9. The first-order valence-electron chi connectivity index (χ1n) is 9.83. The minimum Gasteiger partial charge on any atom is -0.501 e. The third kappa shape index (κ3) is 4.22. The fourth-order valence-corrected chi connectivity index (χ4v) is 3.81. The van der Waals surface area contributed by atoms with Gasteiger partial charge in [-0.05, 0) is 11.6 Å². The first-order chi connectivity index (χ1) is 15.8. The van der Waals surface area contributed by atoms with Gasteiger partial charge in [-0.1, -0.05) is 41.9 Å². The van der Waals surface area contributed by atoms with Gasteiger partial charge in [-0.15, -0.1) is 10.2 Å². The van der Waals surface area contributed by atoms with Crippen molar-refractivity contribution in [3.8, 4) is 5.75 Å². The number of aromatic hydroxyl groups is 1. The van der Waals surface area contributed by atoms with Gasteiger partial charge in [0.15, 0.2) is 5.69 Å². The Kier molecular flexibility index (Phi) is 5.97. The summed E-state index contributed by atoms with van der Waals surface area (Å²) in [4.78, 5) is 29.8. The predicted molar refractivity (Wildman–Crippen MR) is 116 cm³/mol. The third-order valence-corrected chi connectivity index (χ3v) is 5.51. The average Bonchev–Trinajstić information content (AvgIpc) is 3.45. The topological polar surface area (TPSA) is 149 Å². The fraction of sp³-hybridized carbons (Fsp3) is 0.238. The van der Waals surface area contributed by atoms with Gasteiger partial charge < -0.3 is 19.4 Å². The molecule has 0 radical (unpaired) electrons. The van der Waals surface area contributed by atoms with Crippen LogP contribution in [0.4, 0.5) is 5.69 Å². The van der Waals surface area contributed by atoms with Gasteiger partial charge in [0, 0.05) is 24.9 Å². The van der Waals surface area contributed by atoms with E-state index >= 15 is 0 Å². The third-order valence-electron chi connectivity index (χ3n) is 5.16. The lowest BCUT2D eigenvalue weighted by atomic mass is 9.86. The molecule has 3 heterocycles. The van der Waals surface area contributed by atoms with Crippen LogP contribution in [0.25, 0.3) is 0 Å². The van der Waals surface area contributed by atoms with Crippen LogP contribution in [-0.2, 0) is 7.05 Å². The normalized spacial score (nSPS) is 13.0. The second-order valence-electron chi connectivity index (χ2n) is 7.35. The zero-order chi connectivity index (χ0) is 23.7. The molecule has 170 valence electrons. The SMILES string of the molecule is Cc1nnc([C@H](c2ccccc2Cl)[C@H](C)c2nc(C(=O)Nc3cnoc3)c(O)c(=O)n2C)o1. The van der Waals surface area contributed by atoms with Crippen LogP contribution in [-0.4, -0.2) is 35.9 Å². The molecule has 0 spiro atoms. The molecule has 1 amide bonds. The molecule has 2 atom stereocenters. The molecule has 12 heteroatoms. The highest BCUT2D eigenvalue weighted by Gasteiger charge is 2.33. The number of nitrogens with zero attached hydrogens (tertiary/aromatic N) is 5. The molecule has 0 unspecified atom stereocenters. The highest BCUT2D eigenvalue weighted by atomic mass is 35.5. The van der Waals surface area contributed by atoms with Crippen LogP contribution in [0.15, 0.2) is 50.5 Å². The van der Waals surface area contributed by atoms with Crippen LogP contribution in [0.5, 0.6) is 5.75 Å². The number of hydrogen-bond donors (Lipinski definition) is 2. The van der Waals surface area contributed by atoms with Gasteiger partial charge in [0.05, 0.1) is 12.1 Å². The molecule has 0 bridgehead atoms. The molecule has 0 aliphatic carbocycles. The molecule has 0 aliphatic rings. The Balaban J connectivity index is 1.83. The number of carbonyl (C=O) groups excluding carboxylic acids is 1. The standard InChI is InChI=1S/C21H19ClN6O5/c1-10(15(20-27-26-11(2)33-20)13-6-4-5-7-14(13)22)18-25-16(17(29)21(31)28(18)3)19(30)24-12-8-23-32-9-12/h4-10,15,29H,1-3H3,(H,24,30)/t10-,15-/m0/s1. The molecule has 0 saturated heterocycles. The second-order valence-corrected chi connectivity index (χ2v) is 7.75. The average molecular weight is 471 g/mol. The van der Waals surface area contributed by atoms with Gasteiger partial charge in [-0.2, -0.15) is 0 Å². The monoisotopic (exact) mass is 470 g/mol. The van der Waals surface area contributed by atoms with Crippen molar-refractivity contribution >= 4 is 23.2 Å². The minimum atomic E-state index is -0.801. The number of benzene rings is 1. The Morgan fingerprint density at radius 1 is 1.27 bits per heavy atom. The largest absolute Gasteiger partial charge is 0.501 e. The number of amides is 1. The maximum atomic E-state index is 12.8. The van der Waals surface area contributed by atoms with Crippen LogP contribution in [0, 0.1) is 6.92 Å². The number of aromatic nitrogens is 5. The molecule has 2 N–H and O–H groups in total. The lowest BCUT2D eigenvalue weighted by Crippen LogP contribution is -2.29. The van der Waals surface area contributed by atoms with Crippen molar-refractivity contribution in [3.63, 3.8) is 0 Å². The van der Waals surface area contributed by atoms with Crippen molar-refractivity contribution in [1.29, 1.82) is 0 Å². The van der Waals surface area contributed by atoms with Gasteiger partial charge in [0.1, 0.15) is 17.8 Å². The van der Waals surface area contributed by atoms with E-state index in [0.29, 0.717) is 16.5 Å². The van der Waals surface area contributed by atoms with Gasteiger partial charge in [0.25, 0.3) is 11.5 Å². The summed E-state index contributed by atoms with van der Waals surface area (Å²) in [6.45, 7) is 3.45. The first kappa shape index (κ1) is 22.2. The summed E-state index contributed by atoms with van der Waals surface area (Å²) in [6.07, 6.45) is 2.47. The summed E-state index contributed by atoms with van der Waals surface area (Å²) in [5.74, 6) is -1.91. The summed E-state index contributed by atoms with van der Waals surface area (Å²) < 4.78 is 11.5. The number of rotatable bonds is 6. The van der Waals surface area contributed by atoms with Crippen LogP contribution in [0.2, 0.25) is 5.02 Å². The Morgan fingerprint density at radius 3 is 2.67 bits per heavy atom. The summed E-state index contributed by atoms with van der Waals surface area (Å²) >= 11 is 6.47. The van der Waals surface area contributed by atoms with E-state index in [1.807, 2.05) is 6.07 Å². The smallest absolute Gasteiger partial charge is 0.296 e. The Morgan fingerprint density at radius 2 is 2.03 bits per heavy atom. The van der Waals surface area contributed by atoms with Crippen molar-refractivity contribution in [2.75, 3.05) is 5.32 Å². The van der Waals surface area contributed by atoms with E-state index in [2.05, 4.69) is 30.2 Å². The zero-order valence-electron chi connectivity index (χ0n) is 17.8. The first-order valence-corrected chi connectivity index (χ1v) is 10.2. The van der Waals surface area contributed by atoms with Gasteiger partial charge in [-0.25, -0.2) is 4.98 Å². The number of aryl methyl sites for hydroxylation is 1. The summed E-state index contributed by atoms with van der Waals surface area (Å²) in [5, 5.41) is 24.8. The van der Waals surface area contributed by atoms with Crippen LogP contribution in [0.1, 0.15) is 52.4 Å². The van der Waals surface area contributed by atoms with Crippen LogP contribution in [0.3, 0.4) is 0 Å². The molecule has 0 aliphatic heterocycles. The van der Waals surface area contributed by atoms with E-state index in [-0.39, 0.29) is 17.4 Å². The molecular weight excluding hydrogens is 452 g/mol. The summed E-state index contributed by atoms with van der Waals surface area (Å²) in [6, 6.07) is 7.13.